The molecule has 15 heteroatoms. The van der Waals surface area contributed by atoms with Gasteiger partial charge in [-0.25, -0.2) is 9.59 Å². The average molecular weight is 1590 g/mol. The number of nitro groups is 1. The Bertz CT molecular complexity index is 6110. The lowest BCUT2D eigenvalue weighted by atomic mass is 9.83. The van der Waals surface area contributed by atoms with E-state index in [4.69, 9.17) is 44.3 Å². The van der Waals surface area contributed by atoms with Gasteiger partial charge in [0.2, 0.25) is 0 Å². The van der Waals surface area contributed by atoms with Gasteiger partial charge in [-0.1, -0.05) is 326 Å². The molecule has 19 rings (SSSR count). The predicted octanol–water partition coefficient (Wildman–Crippen LogP) is 25.5. The first kappa shape index (κ1) is 77.3. The summed E-state index contributed by atoms with van der Waals surface area (Å²) < 4.78 is 11.4. The summed E-state index contributed by atoms with van der Waals surface area (Å²) in [5.74, 6) is 0.833. The van der Waals surface area contributed by atoms with Crippen LogP contribution in [0.15, 0.2) is 382 Å². The molecule has 4 heterocycles. The second-order valence-electron chi connectivity index (χ2n) is 28.8. The first-order valence-corrected chi connectivity index (χ1v) is 39.8. The van der Waals surface area contributed by atoms with Gasteiger partial charge in [-0.2, -0.15) is 0 Å². The molecule has 0 N–H and O–H groups in total. The van der Waals surface area contributed by atoms with E-state index in [0.717, 1.165) is 84.3 Å². The monoisotopic (exact) mass is 1590 g/mol. The zero-order valence-electron chi connectivity index (χ0n) is 63.7. The molecule has 0 aromatic heterocycles. The van der Waals surface area contributed by atoms with Crippen LogP contribution in [0.2, 0.25) is 15.1 Å². The predicted molar refractivity (Wildman–Crippen MR) is 469 cm³/mol. The van der Waals surface area contributed by atoms with Crippen LogP contribution < -0.4 is 29.1 Å². The molecule has 0 fully saturated rings. The number of halogens is 3. The number of hydrogen-bond acceptors (Lipinski definition) is 8. The number of nitrogens with zero attached hydrogens (tertiary/aromatic N) is 5. The molecule has 0 saturated carbocycles. The van der Waals surface area contributed by atoms with Crippen molar-refractivity contribution in [2.24, 2.45) is 0 Å². The van der Waals surface area contributed by atoms with Gasteiger partial charge in [-0.15, -0.1) is 0 Å². The van der Waals surface area contributed by atoms with E-state index >= 15 is 0 Å². The van der Waals surface area contributed by atoms with Crippen LogP contribution in [-0.2, 0) is 26.2 Å². The highest BCUT2D eigenvalue weighted by atomic mass is 35.5. The largest absolute Gasteiger partial charge is 0.420 e. The van der Waals surface area contributed by atoms with Gasteiger partial charge < -0.3 is 19.3 Å². The van der Waals surface area contributed by atoms with Gasteiger partial charge in [0.05, 0.1) is 35.9 Å². The van der Waals surface area contributed by atoms with Crippen LogP contribution in [0.5, 0.6) is 11.5 Å². The van der Waals surface area contributed by atoms with Gasteiger partial charge in [0.1, 0.15) is 11.5 Å². The molecule has 4 aliphatic rings. The van der Waals surface area contributed by atoms with Gasteiger partial charge in [-0.05, 0) is 168 Å². The summed E-state index contributed by atoms with van der Waals surface area (Å²) in [6, 6.07) is 124. The van der Waals surface area contributed by atoms with E-state index in [1.54, 1.807) is 39.0 Å². The molecule has 0 saturated heterocycles. The minimum absolute atomic E-state index is 0.0491. The van der Waals surface area contributed by atoms with Crippen LogP contribution in [0.3, 0.4) is 0 Å². The molecule has 0 radical (unpaired) electrons. The summed E-state index contributed by atoms with van der Waals surface area (Å²) in [5.41, 5.74) is 22.2. The Morgan fingerprint density at radius 3 is 0.949 bits per heavy atom. The summed E-state index contributed by atoms with van der Waals surface area (Å²) in [6.07, 6.45) is -0.787. The Morgan fingerprint density at radius 2 is 0.573 bits per heavy atom. The van der Waals surface area contributed by atoms with Crippen molar-refractivity contribution in [3.8, 4) is 11.5 Å². The molecule has 15 aromatic carbocycles. The van der Waals surface area contributed by atoms with E-state index in [1.807, 2.05) is 194 Å². The van der Waals surface area contributed by atoms with E-state index in [0.29, 0.717) is 46.7 Å². The zero-order chi connectivity index (χ0) is 80.3. The number of para-hydroxylation sites is 6. The maximum atomic E-state index is 13.6. The van der Waals surface area contributed by atoms with Gasteiger partial charge >= 0.3 is 12.2 Å². The molecule has 15 aromatic rings. The molecule has 0 bridgehead atoms. The van der Waals surface area contributed by atoms with Gasteiger partial charge in [0, 0.05) is 81.4 Å². The number of carbonyl (C=O) groups excluding carboxylic acids is 3. The maximum absolute atomic E-state index is 13.6. The fourth-order valence-electron chi connectivity index (χ4n) is 16.4. The highest BCUT2D eigenvalue weighted by Crippen LogP contribution is 2.49. The van der Waals surface area contributed by atoms with Crippen molar-refractivity contribution in [3.05, 3.63) is 502 Å². The van der Waals surface area contributed by atoms with Crippen molar-refractivity contribution in [3.63, 3.8) is 0 Å². The van der Waals surface area contributed by atoms with E-state index < -0.39 is 11.0 Å². The normalized spacial score (nSPS) is 15.1. The third-order valence-corrected chi connectivity index (χ3v) is 22.9. The van der Waals surface area contributed by atoms with E-state index in [9.17, 15) is 24.5 Å². The van der Waals surface area contributed by atoms with Crippen LogP contribution in [0.4, 0.5) is 38.0 Å². The molecular weight excluding hydrogens is 1510 g/mol. The van der Waals surface area contributed by atoms with Crippen LogP contribution >= 0.6 is 34.8 Å². The molecular formula is C102H78Cl3N5O7. The number of benzene rings is 15. The Labute approximate surface area is 695 Å². The molecule has 117 heavy (non-hydrogen) atoms. The summed E-state index contributed by atoms with van der Waals surface area (Å²) in [6.45, 7) is 2.17. The summed E-state index contributed by atoms with van der Waals surface area (Å²) in [5, 5.41) is 13.2. The van der Waals surface area contributed by atoms with Crippen molar-refractivity contribution in [1.82, 2.24) is 0 Å². The SMILES string of the molecule is CN1Cc2ccccc2C(c2ccccc2Cl)c2ccccc21.O=C(Oc1ccccc1)N1Cc2ccccc2C(c2ccccc2)c2ccccc21.O=C(Oc1ccccc1)N1Cc2ccccc2C(c2ccccc2Cl)c2ccccc21.O=C(c1ccc([N+](=O)[O-])cc1)N1Cc2ccccc2C(c2ccccc2Cl)c2ccccc21. The molecule has 4 atom stereocenters. The third-order valence-electron chi connectivity index (χ3n) is 21.8. The first-order valence-electron chi connectivity index (χ1n) is 38.6. The molecule has 3 amide bonds. The number of carbonyl (C=O) groups is 3. The molecule has 0 aliphatic carbocycles. The van der Waals surface area contributed by atoms with Gasteiger partial charge in [0.25, 0.3) is 11.6 Å². The maximum Gasteiger partial charge on any atom is 0.420 e. The molecule has 4 aliphatic heterocycles. The Hall–Kier alpha value is -13.6. The topological polar surface area (TPSA) is 126 Å². The number of ether oxygens (including phenoxy) is 2. The zero-order valence-corrected chi connectivity index (χ0v) is 66.0. The summed E-state index contributed by atoms with van der Waals surface area (Å²) in [4.78, 5) is 58.2. The minimum Gasteiger partial charge on any atom is -0.410 e. The fraction of sp³-hybridized carbons (Fsp3) is 0.0882. The standard InChI is InChI=1S/C27H19ClN2O3.C27H20ClNO2.C27H21NO2.C21H18ClN/c28-24-11-5-3-9-22(24)26-21-8-2-1-7-19(21)17-29(25-12-6-4-10-23(25)26)27(31)18-13-15-20(16-14-18)30(32)33;28-24-16-8-6-14-22(24)26-21-13-5-4-10-19(21)18-29(25-17-9-7-15-23(25)26)27(30)31-20-11-2-1-3-12-20;29-27(30-22-14-5-2-6-15-22)28-19-21-13-7-8-16-23(21)26(20-11-3-1-4-12-20)24-17-9-10-18-25(24)28;1-23-14-15-8-2-3-9-16(15)21(17-10-4-6-12-19(17)22)18-11-5-7-13-20(18)23/h1-16,26H,17H2;1-17,26H,18H2;1-18,26H,19H2;2-13,21H,14H2,1H3. The quantitative estimate of drug-likeness (QED) is 0.109. The number of fused-ring (bicyclic) bond motifs is 8. The molecule has 12 nitrogen and oxygen atoms in total. The number of amides is 3. The number of anilines is 4. The van der Waals surface area contributed by atoms with Gasteiger partial charge in [-0.3, -0.25) is 24.7 Å². The Balaban J connectivity index is 0.000000118. The molecule has 574 valence electrons. The van der Waals surface area contributed by atoms with Crippen molar-refractivity contribution in [1.29, 1.82) is 0 Å². The number of rotatable bonds is 8. The molecule has 0 spiro atoms. The van der Waals surface area contributed by atoms with Crippen LogP contribution in [0.25, 0.3) is 0 Å². The minimum atomic E-state index is -0.472. The van der Waals surface area contributed by atoms with Crippen LogP contribution in [0.1, 0.15) is 123 Å². The smallest absolute Gasteiger partial charge is 0.410 e. The second kappa shape index (κ2) is 35.4. The van der Waals surface area contributed by atoms with Crippen molar-refractivity contribution in [2.75, 3.05) is 26.6 Å². The van der Waals surface area contributed by atoms with E-state index in [2.05, 4.69) is 151 Å². The number of hydrogen-bond donors (Lipinski definition) is 0. The van der Waals surface area contributed by atoms with Crippen LogP contribution in [0, 0.1) is 10.1 Å². The Morgan fingerprint density at radius 1 is 0.299 bits per heavy atom. The lowest BCUT2D eigenvalue weighted by Gasteiger charge is -2.25. The van der Waals surface area contributed by atoms with Crippen molar-refractivity contribution < 1.29 is 28.8 Å². The first-order chi connectivity index (χ1) is 57.3. The highest BCUT2D eigenvalue weighted by molar-refractivity contribution is 6.32. The average Bonchev–Trinajstić information content (AvgIpc) is 1.66. The fourth-order valence-corrected chi connectivity index (χ4v) is 17.2. The van der Waals surface area contributed by atoms with E-state index in [-0.39, 0.29) is 41.4 Å². The molecule has 4 unspecified atom stereocenters. The van der Waals surface area contributed by atoms with Crippen LogP contribution in [-0.4, -0.2) is 30.1 Å². The number of nitro benzene ring substituents is 1. The highest BCUT2D eigenvalue weighted by Gasteiger charge is 2.37. The van der Waals surface area contributed by atoms with Crippen molar-refractivity contribution in [2.45, 2.75) is 49.9 Å². The van der Waals surface area contributed by atoms with Crippen molar-refractivity contribution >= 4 is 81.3 Å². The van der Waals surface area contributed by atoms with Gasteiger partial charge in [0.15, 0.2) is 0 Å². The lowest BCUT2D eigenvalue weighted by Crippen LogP contribution is -2.33. The third kappa shape index (κ3) is 16.6. The summed E-state index contributed by atoms with van der Waals surface area (Å²) >= 11 is 19.9. The number of non-ortho nitro benzene ring substituents is 1. The summed E-state index contributed by atoms with van der Waals surface area (Å²) in [7, 11) is 2.16. The second-order valence-corrected chi connectivity index (χ2v) is 30.0. The van der Waals surface area contributed by atoms with E-state index in [1.165, 1.54) is 63.3 Å². The Kier molecular flexibility index (Phi) is 23.4. The lowest BCUT2D eigenvalue weighted by molar-refractivity contribution is -0.384.